The van der Waals surface area contributed by atoms with Crippen LogP contribution < -0.4 is 4.74 Å². The molecular weight excluding hydrogens is 284 g/mol. The van der Waals surface area contributed by atoms with Gasteiger partial charge in [0, 0.05) is 24.2 Å². The topological polar surface area (TPSA) is 43.6 Å². The average Bonchev–Trinajstić information content (AvgIpc) is 2.99. The van der Waals surface area contributed by atoms with Gasteiger partial charge >= 0.3 is 0 Å². The summed E-state index contributed by atoms with van der Waals surface area (Å²) in [6.45, 7) is 2.42. The Hall–Kier alpha value is -2.14. The predicted octanol–water partition coefficient (Wildman–Crippen LogP) is 3.28. The highest BCUT2D eigenvalue weighted by molar-refractivity contribution is 7.15. The summed E-state index contributed by atoms with van der Waals surface area (Å²) in [4.78, 5) is 17.3. The van der Waals surface area contributed by atoms with Crippen LogP contribution in [-0.4, -0.2) is 21.8 Å². The first-order valence-corrected chi connectivity index (χ1v) is 7.71. The highest BCUT2D eigenvalue weighted by Gasteiger charge is 2.08. The molecule has 1 aromatic carbocycles. The summed E-state index contributed by atoms with van der Waals surface area (Å²) >= 11 is 1.57. The number of ether oxygens (including phenoxy) is 1. The second-order valence-electron chi connectivity index (χ2n) is 4.96. The van der Waals surface area contributed by atoms with Crippen LogP contribution in [0.3, 0.4) is 0 Å². The Morgan fingerprint density at radius 2 is 2.33 bits per heavy atom. The van der Waals surface area contributed by atoms with Gasteiger partial charge in [0.25, 0.3) is 0 Å². The Balaban J connectivity index is 1.49. The fraction of sp³-hybridized carbons (Fsp3) is 0.250. The van der Waals surface area contributed by atoms with Crippen LogP contribution in [0.15, 0.2) is 42.0 Å². The number of Topliss-reactive ketones (excluding diaryl/α,β-unsaturated/α-hetero) is 1. The summed E-state index contributed by atoms with van der Waals surface area (Å²) in [5.74, 6) is 0.957. The monoisotopic (exact) mass is 300 g/mol. The third-order valence-corrected chi connectivity index (χ3v) is 3.93. The van der Waals surface area contributed by atoms with Gasteiger partial charge in [0.15, 0.2) is 4.96 Å². The van der Waals surface area contributed by atoms with Crippen molar-refractivity contribution in [3.63, 3.8) is 0 Å². The number of fused-ring (bicyclic) bond motifs is 1. The normalized spacial score (nSPS) is 10.9. The van der Waals surface area contributed by atoms with Crippen molar-refractivity contribution in [3.8, 4) is 5.75 Å². The Labute approximate surface area is 127 Å². The summed E-state index contributed by atoms with van der Waals surface area (Å²) < 4.78 is 7.54. The van der Waals surface area contributed by atoms with Gasteiger partial charge < -0.3 is 4.74 Å². The quantitative estimate of drug-likeness (QED) is 0.701. The number of nitrogens with zero attached hydrogens (tertiary/aromatic N) is 2. The summed E-state index contributed by atoms with van der Waals surface area (Å²) in [6, 6.07) is 7.84. The average molecular weight is 300 g/mol. The molecule has 0 radical (unpaired) electrons. The molecule has 3 rings (SSSR count). The van der Waals surface area contributed by atoms with Gasteiger partial charge in [0.05, 0.1) is 18.7 Å². The van der Waals surface area contributed by atoms with Gasteiger partial charge in [-0.05, 0) is 24.6 Å². The molecule has 5 heteroatoms. The lowest BCUT2D eigenvalue weighted by molar-refractivity contribution is -0.118. The first-order chi connectivity index (χ1) is 10.2. The largest absolute Gasteiger partial charge is 0.493 e. The van der Waals surface area contributed by atoms with E-state index < -0.39 is 0 Å². The third kappa shape index (κ3) is 3.49. The lowest BCUT2D eigenvalue weighted by Gasteiger charge is -2.05. The van der Waals surface area contributed by atoms with Gasteiger partial charge in [0.1, 0.15) is 11.5 Å². The Morgan fingerprint density at radius 1 is 1.43 bits per heavy atom. The SMILES string of the molecule is Cc1cccc(OCCC(=O)Cc2cn3ccsc3n2)c1. The van der Waals surface area contributed by atoms with E-state index >= 15 is 0 Å². The summed E-state index contributed by atoms with van der Waals surface area (Å²) in [7, 11) is 0. The molecule has 0 unspecified atom stereocenters. The minimum absolute atomic E-state index is 0.147. The molecule has 0 spiro atoms. The van der Waals surface area contributed by atoms with Crippen molar-refractivity contribution in [1.82, 2.24) is 9.38 Å². The lowest BCUT2D eigenvalue weighted by atomic mass is 10.2. The van der Waals surface area contributed by atoms with Crippen molar-refractivity contribution in [2.45, 2.75) is 19.8 Å². The molecule has 0 fully saturated rings. The number of benzene rings is 1. The number of hydrogen-bond acceptors (Lipinski definition) is 4. The van der Waals surface area contributed by atoms with Crippen molar-refractivity contribution in [2.75, 3.05) is 6.61 Å². The number of thiazole rings is 1. The number of imidazole rings is 1. The van der Waals surface area contributed by atoms with Gasteiger partial charge in [-0.2, -0.15) is 0 Å². The molecule has 21 heavy (non-hydrogen) atoms. The van der Waals surface area contributed by atoms with E-state index in [-0.39, 0.29) is 5.78 Å². The molecule has 0 saturated carbocycles. The van der Waals surface area contributed by atoms with Crippen LogP contribution in [0.1, 0.15) is 17.7 Å². The molecule has 0 amide bonds. The van der Waals surface area contributed by atoms with Gasteiger partial charge in [-0.3, -0.25) is 9.20 Å². The van der Waals surface area contributed by atoms with E-state index in [1.54, 1.807) is 11.3 Å². The molecule has 2 heterocycles. The van der Waals surface area contributed by atoms with Gasteiger partial charge in [-0.25, -0.2) is 4.98 Å². The third-order valence-electron chi connectivity index (χ3n) is 3.16. The van der Waals surface area contributed by atoms with E-state index in [2.05, 4.69) is 4.98 Å². The minimum atomic E-state index is 0.147. The maximum atomic E-state index is 11.9. The van der Waals surface area contributed by atoms with E-state index in [0.717, 1.165) is 22.0 Å². The van der Waals surface area contributed by atoms with Crippen LogP contribution in [-0.2, 0) is 11.2 Å². The van der Waals surface area contributed by atoms with Crippen molar-refractivity contribution in [2.24, 2.45) is 0 Å². The van der Waals surface area contributed by atoms with E-state index in [1.807, 2.05) is 53.4 Å². The predicted molar refractivity (Wildman–Crippen MR) is 83.1 cm³/mol. The minimum Gasteiger partial charge on any atom is -0.493 e. The molecule has 3 aromatic rings. The standard InChI is InChI=1S/C16H16N2O2S/c1-12-3-2-4-15(9-12)20-7-5-14(19)10-13-11-18-6-8-21-16(18)17-13/h2-4,6,8-9,11H,5,7,10H2,1H3. The number of carbonyl (C=O) groups is 1. The maximum Gasteiger partial charge on any atom is 0.193 e. The zero-order chi connectivity index (χ0) is 14.7. The molecular formula is C16H16N2O2S. The van der Waals surface area contributed by atoms with Crippen molar-refractivity contribution < 1.29 is 9.53 Å². The van der Waals surface area contributed by atoms with Gasteiger partial charge in [0.2, 0.25) is 0 Å². The van der Waals surface area contributed by atoms with Crippen LogP contribution in [0.2, 0.25) is 0 Å². The summed E-state index contributed by atoms with van der Waals surface area (Å²) in [5.41, 5.74) is 1.97. The van der Waals surface area contributed by atoms with E-state index in [0.29, 0.717) is 19.4 Å². The zero-order valence-corrected chi connectivity index (χ0v) is 12.6. The smallest absolute Gasteiger partial charge is 0.193 e. The second-order valence-corrected chi connectivity index (χ2v) is 5.83. The number of hydrogen-bond donors (Lipinski definition) is 0. The van der Waals surface area contributed by atoms with Crippen molar-refractivity contribution >= 4 is 22.1 Å². The van der Waals surface area contributed by atoms with Crippen molar-refractivity contribution in [1.29, 1.82) is 0 Å². The molecule has 0 bridgehead atoms. The molecule has 2 aromatic heterocycles. The lowest BCUT2D eigenvalue weighted by Crippen LogP contribution is -2.09. The first kappa shape index (κ1) is 13.8. The zero-order valence-electron chi connectivity index (χ0n) is 11.8. The Morgan fingerprint density at radius 3 is 3.14 bits per heavy atom. The van der Waals surface area contributed by atoms with Crippen LogP contribution in [0.4, 0.5) is 0 Å². The number of aryl methyl sites for hydroxylation is 1. The summed E-state index contributed by atoms with van der Waals surface area (Å²) in [5, 5.41) is 1.98. The van der Waals surface area contributed by atoms with Gasteiger partial charge in [-0.1, -0.05) is 12.1 Å². The van der Waals surface area contributed by atoms with Crippen LogP contribution >= 0.6 is 11.3 Å². The number of ketones is 1. The molecule has 0 saturated heterocycles. The maximum absolute atomic E-state index is 11.9. The highest BCUT2D eigenvalue weighted by atomic mass is 32.1. The highest BCUT2D eigenvalue weighted by Crippen LogP contribution is 2.14. The molecule has 0 aliphatic heterocycles. The van der Waals surface area contributed by atoms with Crippen LogP contribution in [0.5, 0.6) is 5.75 Å². The number of aromatic nitrogens is 2. The molecule has 0 aliphatic carbocycles. The van der Waals surface area contributed by atoms with Gasteiger partial charge in [-0.15, -0.1) is 11.3 Å². The fourth-order valence-corrected chi connectivity index (χ4v) is 2.86. The summed E-state index contributed by atoms with van der Waals surface area (Å²) in [6.07, 6.45) is 4.62. The van der Waals surface area contributed by atoms with Crippen LogP contribution in [0, 0.1) is 6.92 Å². The molecule has 108 valence electrons. The molecule has 4 nitrogen and oxygen atoms in total. The first-order valence-electron chi connectivity index (χ1n) is 6.83. The Bertz CT molecular complexity index is 732. The Kier molecular flexibility index (Phi) is 4.01. The molecule has 0 atom stereocenters. The number of rotatable bonds is 6. The number of carbonyl (C=O) groups excluding carboxylic acids is 1. The van der Waals surface area contributed by atoms with Crippen LogP contribution in [0.25, 0.3) is 4.96 Å². The van der Waals surface area contributed by atoms with E-state index in [4.69, 9.17) is 4.74 Å². The molecule has 0 N–H and O–H groups in total. The van der Waals surface area contributed by atoms with E-state index in [1.165, 1.54) is 0 Å². The van der Waals surface area contributed by atoms with Crippen molar-refractivity contribution in [3.05, 3.63) is 53.3 Å². The molecule has 0 aliphatic rings. The van der Waals surface area contributed by atoms with E-state index in [9.17, 15) is 4.79 Å². The second kappa shape index (κ2) is 6.10. The fourth-order valence-electron chi connectivity index (χ4n) is 2.14.